The van der Waals surface area contributed by atoms with Gasteiger partial charge in [0, 0.05) is 36.2 Å². The van der Waals surface area contributed by atoms with E-state index in [0.717, 1.165) is 24.0 Å². The summed E-state index contributed by atoms with van der Waals surface area (Å²) in [5, 5.41) is 4.17. The number of hydrogen-bond acceptors (Lipinski definition) is 6. The lowest BCUT2D eigenvalue weighted by molar-refractivity contribution is 0.0704. The van der Waals surface area contributed by atoms with Gasteiger partial charge < -0.3 is 18.9 Å². The Bertz CT molecular complexity index is 1020. The number of aromatic nitrogens is 2. The molecule has 156 valence electrons. The summed E-state index contributed by atoms with van der Waals surface area (Å²) in [6, 6.07) is 13.2. The number of amides is 1. The first kappa shape index (κ1) is 19.9. The molecule has 1 saturated heterocycles. The summed E-state index contributed by atoms with van der Waals surface area (Å²) < 4.78 is 16.1. The number of nitrogens with zero attached hydrogens (tertiary/aromatic N) is 3. The number of benzene rings is 2. The number of likely N-dealkylation sites (tertiary alicyclic amines) is 1. The SMILES string of the molecule is COc1cc(OC)cc(C(=O)N2CCC(c3nc(-c4ccccc4C)no3)CC2)c1. The molecule has 1 amide bonds. The molecule has 7 heteroatoms. The summed E-state index contributed by atoms with van der Waals surface area (Å²) in [5.41, 5.74) is 2.65. The fraction of sp³-hybridized carbons (Fsp3) is 0.348. The van der Waals surface area contributed by atoms with Gasteiger partial charge in [-0.15, -0.1) is 0 Å². The van der Waals surface area contributed by atoms with Crippen LogP contribution in [0.5, 0.6) is 11.5 Å². The fourth-order valence-corrected chi connectivity index (χ4v) is 3.78. The van der Waals surface area contributed by atoms with Crippen LogP contribution in [0.25, 0.3) is 11.4 Å². The Balaban J connectivity index is 1.43. The summed E-state index contributed by atoms with van der Waals surface area (Å²) in [5.74, 6) is 2.58. The van der Waals surface area contributed by atoms with Crippen LogP contribution < -0.4 is 9.47 Å². The van der Waals surface area contributed by atoms with Crippen LogP contribution in [-0.2, 0) is 0 Å². The highest BCUT2D eigenvalue weighted by molar-refractivity contribution is 5.95. The quantitative estimate of drug-likeness (QED) is 0.634. The van der Waals surface area contributed by atoms with Crippen molar-refractivity contribution in [3.8, 4) is 22.9 Å². The molecule has 0 N–H and O–H groups in total. The maximum atomic E-state index is 13.0. The van der Waals surface area contributed by atoms with E-state index in [1.165, 1.54) is 0 Å². The van der Waals surface area contributed by atoms with Gasteiger partial charge in [-0.3, -0.25) is 4.79 Å². The molecular formula is C23H25N3O4. The van der Waals surface area contributed by atoms with Crippen LogP contribution in [0.1, 0.15) is 40.6 Å². The van der Waals surface area contributed by atoms with Gasteiger partial charge in [-0.1, -0.05) is 29.4 Å². The van der Waals surface area contributed by atoms with Gasteiger partial charge in [-0.05, 0) is 37.5 Å². The van der Waals surface area contributed by atoms with Gasteiger partial charge in [0.15, 0.2) is 0 Å². The maximum absolute atomic E-state index is 13.0. The normalized spacial score (nSPS) is 14.6. The van der Waals surface area contributed by atoms with E-state index in [2.05, 4.69) is 10.1 Å². The number of carbonyl (C=O) groups is 1. The van der Waals surface area contributed by atoms with E-state index in [4.69, 9.17) is 14.0 Å². The van der Waals surface area contributed by atoms with Crippen molar-refractivity contribution in [3.05, 3.63) is 59.5 Å². The molecule has 0 unspecified atom stereocenters. The highest BCUT2D eigenvalue weighted by Gasteiger charge is 2.28. The number of methoxy groups -OCH3 is 2. The van der Waals surface area contributed by atoms with Crippen LogP contribution >= 0.6 is 0 Å². The highest BCUT2D eigenvalue weighted by atomic mass is 16.5. The summed E-state index contributed by atoms with van der Waals surface area (Å²) in [4.78, 5) is 19.4. The van der Waals surface area contributed by atoms with Crippen LogP contribution in [-0.4, -0.2) is 48.3 Å². The summed E-state index contributed by atoms with van der Waals surface area (Å²) in [6.07, 6.45) is 1.56. The van der Waals surface area contributed by atoms with Crippen molar-refractivity contribution < 1.29 is 18.8 Å². The van der Waals surface area contributed by atoms with E-state index in [1.807, 2.05) is 36.1 Å². The predicted octanol–water partition coefficient (Wildman–Crippen LogP) is 4.08. The molecule has 1 aliphatic rings. The fourth-order valence-electron chi connectivity index (χ4n) is 3.78. The molecule has 7 nitrogen and oxygen atoms in total. The summed E-state index contributed by atoms with van der Waals surface area (Å²) >= 11 is 0. The molecule has 0 aliphatic carbocycles. The van der Waals surface area contributed by atoms with Gasteiger partial charge in [0.2, 0.25) is 11.7 Å². The van der Waals surface area contributed by atoms with E-state index in [9.17, 15) is 4.79 Å². The zero-order valence-electron chi connectivity index (χ0n) is 17.4. The topological polar surface area (TPSA) is 77.7 Å². The molecule has 3 aromatic rings. The number of hydrogen-bond donors (Lipinski definition) is 0. The van der Waals surface area contributed by atoms with Gasteiger partial charge in [0.05, 0.1) is 14.2 Å². The minimum absolute atomic E-state index is 0.0308. The van der Waals surface area contributed by atoms with Crippen LogP contribution in [0.15, 0.2) is 47.0 Å². The number of aryl methyl sites for hydroxylation is 1. The smallest absolute Gasteiger partial charge is 0.254 e. The van der Waals surface area contributed by atoms with Crippen LogP contribution in [0.4, 0.5) is 0 Å². The molecule has 4 rings (SSSR count). The molecule has 0 bridgehead atoms. The average molecular weight is 407 g/mol. The Kier molecular flexibility index (Phi) is 5.70. The Hall–Kier alpha value is -3.35. The Morgan fingerprint density at radius 2 is 1.73 bits per heavy atom. The average Bonchev–Trinajstić information content (AvgIpc) is 3.28. The standard InChI is InChI=1S/C23H25N3O4/c1-15-6-4-5-7-20(15)21-24-22(30-25-21)16-8-10-26(11-9-16)23(27)17-12-18(28-2)14-19(13-17)29-3/h4-7,12-14,16H,8-11H2,1-3H3. The minimum Gasteiger partial charge on any atom is -0.497 e. The van der Waals surface area contributed by atoms with E-state index in [-0.39, 0.29) is 11.8 Å². The van der Waals surface area contributed by atoms with Crippen molar-refractivity contribution >= 4 is 5.91 Å². The predicted molar refractivity (Wildman–Crippen MR) is 112 cm³/mol. The molecule has 0 spiro atoms. The van der Waals surface area contributed by atoms with E-state index < -0.39 is 0 Å². The van der Waals surface area contributed by atoms with Crippen molar-refractivity contribution in [1.82, 2.24) is 15.0 Å². The largest absolute Gasteiger partial charge is 0.497 e. The molecule has 1 aliphatic heterocycles. The molecule has 1 aromatic heterocycles. The van der Waals surface area contributed by atoms with E-state index in [1.54, 1.807) is 32.4 Å². The van der Waals surface area contributed by atoms with Gasteiger partial charge in [0.1, 0.15) is 11.5 Å². The lowest BCUT2D eigenvalue weighted by atomic mass is 9.96. The van der Waals surface area contributed by atoms with Crippen molar-refractivity contribution in [2.24, 2.45) is 0 Å². The molecule has 30 heavy (non-hydrogen) atoms. The first-order chi connectivity index (χ1) is 14.6. The zero-order valence-corrected chi connectivity index (χ0v) is 17.4. The van der Waals surface area contributed by atoms with Crippen LogP contribution in [0.2, 0.25) is 0 Å². The zero-order chi connectivity index (χ0) is 21.1. The van der Waals surface area contributed by atoms with E-state index in [0.29, 0.717) is 41.9 Å². The van der Waals surface area contributed by atoms with Gasteiger partial charge in [-0.2, -0.15) is 4.98 Å². The summed E-state index contributed by atoms with van der Waals surface area (Å²) in [6.45, 7) is 3.29. The Morgan fingerprint density at radius 1 is 1.07 bits per heavy atom. The molecular weight excluding hydrogens is 382 g/mol. The Morgan fingerprint density at radius 3 is 2.37 bits per heavy atom. The molecule has 2 aromatic carbocycles. The third-order valence-electron chi connectivity index (χ3n) is 5.56. The molecule has 2 heterocycles. The van der Waals surface area contributed by atoms with Gasteiger partial charge >= 0.3 is 0 Å². The van der Waals surface area contributed by atoms with Crippen molar-refractivity contribution in [3.63, 3.8) is 0 Å². The summed E-state index contributed by atoms with van der Waals surface area (Å²) in [7, 11) is 3.15. The second-order valence-electron chi connectivity index (χ2n) is 7.44. The van der Waals surface area contributed by atoms with Gasteiger partial charge in [-0.25, -0.2) is 0 Å². The lowest BCUT2D eigenvalue weighted by Crippen LogP contribution is -2.38. The molecule has 0 saturated carbocycles. The highest BCUT2D eigenvalue weighted by Crippen LogP contribution is 2.31. The second-order valence-corrected chi connectivity index (χ2v) is 7.44. The molecule has 1 fully saturated rings. The Labute approximate surface area is 175 Å². The monoisotopic (exact) mass is 407 g/mol. The molecule has 0 atom stereocenters. The maximum Gasteiger partial charge on any atom is 0.254 e. The third kappa shape index (κ3) is 4.01. The number of piperidine rings is 1. The van der Waals surface area contributed by atoms with Crippen molar-refractivity contribution in [1.29, 1.82) is 0 Å². The van der Waals surface area contributed by atoms with Crippen LogP contribution in [0, 0.1) is 6.92 Å². The number of rotatable bonds is 5. The second kappa shape index (κ2) is 8.57. The van der Waals surface area contributed by atoms with E-state index >= 15 is 0 Å². The first-order valence-corrected chi connectivity index (χ1v) is 10.0. The van der Waals surface area contributed by atoms with Crippen molar-refractivity contribution in [2.45, 2.75) is 25.7 Å². The minimum atomic E-state index is -0.0308. The van der Waals surface area contributed by atoms with Crippen molar-refractivity contribution in [2.75, 3.05) is 27.3 Å². The van der Waals surface area contributed by atoms with Gasteiger partial charge in [0.25, 0.3) is 5.91 Å². The van der Waals surface area contributed by atoms with Crippen LogP contribution in [0.3, 0.4) is 0 Å². The number of ether oxygens (including phenoxy) is 2. The lowest BCUT2D eigenvalue weighted by Gasteiger charge is -2.30. The third-order valence-corrected chi connectivity index (χ3v) is 5.56. The molecule has 0 radical (unpaired) electrons. The number of carbonyl (C=O) groups excluding carboxylic acids is 1. The first-order valence-electron chi connectivity index (χ1n) is 10.0.